The Balaban J connectivity index is 2.65. The van der Waals surface area contributed by atoms with E-state index in [1.54, 1.807) is 7.11 Å². The Hall–Kier alpha value is -1.82. The summed E-state index contributed by atoms with van der Waals surface area (Å²) < 4.78 is 14.8. The van der Waals surface area contributed by atoms with E-state index in [4.69, 9.17) is 15.2 Å². The lowest BCUT2D eigenvalue weighted by atomic mass is 10.2. The number of rotatable bonds is 6. The van der Waals surface area contributed by atoms with Crippen LogP contribution >= 0.6 is 0 Å². The van der Waals surface area contributed by atoms with Crippen LogP contribution in [0.2, 0.25) is 0 Å². The van der Waals surface area contributed by atoms with Crippen molar-refractivity contribution < 1.29 is 19.0 Å². The van der Waals surface area contributed by atoms with E-state index >= 15 is 0 Å². The maximum atomic E-state index is 11.4. The normalized spacial score (nSPS) is 10.0. The molecular weight excluding hydrogens is 224 g/mol. The molecule has 0 unspecified atom stereocenters. The van der Waals surface area contributed by atoms with Gasteiger partial charge >= 0.3 is 5.97 Å². The number of nitrogen functional groups attached to an aromatic ring is 1. The smallest absolute Gasteiger partial charge is 0.340 e. The highest BCUT2D eigenvalue weighted by atomic mass is 16.5. The molecule has 1 aromatic heterocycles. The lowest BCUT2D eigenvalue weighted by Gasteiger charge is -2.07. The highest BCUT2D eigenvalue weighted by molar-refractivity contribution is 5.95. The Kier molecular flexibility index (Phi) is 5.22. The van der Waals surface area contributed by atoms with E-state index in [1.807, 2.05) is 0 Å². The topological polar surface area (TPSA) is 83.7 Å². The van der Waals surface area contributed by atoms with Gasteiger partial charge in [0.1, 0.15) is 0 Å². The van der Waals surface area contributed by atoms with E-state index in [-0.39, 0.29) is 11.3 Å². The number of ether oxygens (including phenoxy) is 3. The molecule has 0 aliphatic heterocycles. The molecule has 0 saturated carbocycles. The zero-order valence-electron chi connectivity index (χ0n) is 9.93. The summed E-state index contributed by atoms with van der Waals surface area (Å²) in [5, 5.41) is 0. The van der Waals surface area contributed by atoms with Crippen LogP contribution in [-0.4, -0.2) is 38.4 Å². The van der Waals surface area contributed by atoms with Crippen molar-refractivity contribution in [1.29, 1.82) is 0 Å². The molecule has 6 heteroatoms. The van der Waals surface area contributed by atoms with Gasteiger partial charge in [0.05, 0.1) is 31.2 Å². The first-order valence-electron chi connectivity index (χ1n) is 5.14. The minimum absolute atomic E-state index is 0.254. The third-order valence-electron chi connectivity index (χ3n) is 2.06. The summed E-state index contributed by atoms with van der Waals surface area (Å²) in [5.41, 5.74) is 6.12. The van der Waals surface area contributed by atoms with Crippen molar-refractivity contribution in [2.75, 3.05) is 33.2 Å². The SMILES string of the molecule is COCCCOc1cc(C(=O)OC)c(N)cn1. The molecule has 0 radical (unpaired) electrons. The highest BCUT2D eigenvalue weighted by Crippen LogP contribution is 2.17. The van der Waals surface area contributed by atoms with E-state index in [1.165, 1.54) is 19.4 Å². The molecule has 0 spiro atoms. The summed E-state index contributed by atoms with van der Waals surface area (Å²) in [4.78, 5) is 15.3. The van der Waals surface area contributed by atoms with Crippen LogP contribution in [0.1, 0.15) is 16.8 Å². The van der Waals surface area contributed by atoms with E-state index in [9.17, 15) is 4.79 Å². The number of nitrogens with two attached hydrogens (primary N) is 1. The average Bonchev–Trinajstić information content (AvgIpc) is 2.35. The molecule has 1 aromatic rings. The summed E-state index contributed by atoms with van der Waals surface area (Å²) >= 11 is 0. The summed E-state index contributed by atoms with van der Waals surface area (Å²) in [7, 11) is 2.91. The van der Waals surface area contributed by atoms with Crippen molar-refractivity contribution in [3.8, 4) is 5.88 Å². The van der Waals surface area contributed by atoms with Crippen LogP contribution in [0.25, 0.3) is 0 Å². The van der Waals surface area contributed by atoms with Crippen LogP contribution in [0, 0.1) is 0 Å². The lowest BCUT2D eigenvalue weighted by Crippen LogP contribution is -2.08. The van der Waals surface area contributed by atoms with Gasteiger partial charge in [-0.3, -0.25) is 0 Å². The van der Waals surface area contributed by atoms with Gasteiger partial charge in [-0.15, -0.1) is 0 Å². The molecule has 17 heavy (non-hydrogen) atoms. The van der Waals surface area contributed by atoms with Crippen molar-refractivity contribution in [1.82, 2.24) is 4.98 Å². The Morgan fingerprint density at radius 1 is 1.41 bits per heavy atom. The lowest BCUT2D eigenvalue weighted by molar-refractivity contribution is 0.0601. The fraction of sp³-hybridized carbons (Fsp3) is 0.455. The fourth-order valence-corrected chi connectivity index (χ4v) is 1.19. The number of hydrogen-bond donors (Lipinski definition) is 1. The predicted molar refractivity (Wildman–Crippen MR) is 62.0 cm³/mol. The second kappa shape index (κ2) is 6.70. The summed E-state index contributed by atoms with van der Waals surface area (Å²) in [6.07, 6.45) is 2.12. The van der Waals surface area contributed by atoms with Crippen molar-refractivity contribution in [2.45, 2.75) is 6.42 Å². The van der Waals surface area contributed by atoms with Crippen molar-refractivity contribution >= 4 is 11.7 Å². The Morgan fingerprint density at radius 2 is 2.18 bits per heavy atom. The van der Waals surface area contributed by atoms with E-state index in [0.717, 1.165) is 6.42 Å². The van der Waals surface area contributed by atoms with E-state index in [2.05, 4.69) is 9.72 Å². The third kappa shape index (κ3) is 3.92. The van der Waals surface area contributed by atoms with Crippen LogP contribution in [0.3, 0.4) is 0 Å². The van der Waals surface area contributed by atoms with Crippen molar-refractivity contribution in [2.24, 2.45) is 0 Å². The number of carbonyl (C=O) groups excluding carboxylic acids is 1. The van der Waals surface area contributed by atoms with Gasteiger partial charge in [-0.05, 0) is 0 Å². The molecule has 0 aliphatic rings. The standard InChI is InChI=1S/C11H16N2O4/c1-15-4-3-5-17-10-6-8(11(14)16-2)9(12)7-13-10/h6-7H,3-5,12H2,1-2H3. The minimum atomic E-state index is -0.508. The molecule has 2 N–H and O–H groups in total. The Bertz CT molecular complexity index is 382. The highest BCUT2D eigenvalue weighted by Gasteiger charge is 2.12. The number of nitrogens with zero attached hydrogens (tertiary/aromatic N) is 1. The number of carbonyl (C=O) groups is 1. The zero-order valence-corrected chi connectivity index (χ0v) is 9.93. The third-order valence-corrected chi connectivity index (χ3v) is 2.06. The number of aromatic nitrogens is 1. The van der Waals surface area contributed by atoms with Gasteiger partial charge in [-0.1, -0.05) is 0 Å². The van der Waals surface area contributed by atoms with Crippen LogP contribution in [0.15, 0.2) is 12.3 Å². The van der Waals surface area contributed by atoms with Crippen LogP contribution in [0.4, 0.5) is 5.69 Å². The summed E-state index contributed by atoms with van der Waals surface area (Å²) in [6, 6.07) is 1.47. The molecule has 0 fully saturated rings. The van der Waals surface area contributed by atoms with Crippen molar-refractivity contribution in [3.63, 3.8) is 0 Å². The van der Waals surface area contributed by atoms with Gasteiger partial charge in [0.2, 0.25) is 5.88 Å². The molecular formula is C11H16N2O4. The van der Waals surface area contributed by atoms with Crippen molar-refractivity contribution in [3.05, 3.63) is 17.8 Å². The molecule has 0 aliphatic carbocycles. The maximum absolute atomic E-state index is 11.4. The Morgan fingerprint density at radius 3 is 2.82 bits per heavy atom. The predicted octanol–water partition coefficient (Wildman–Crippen LogP) is 0.866. The zero-order chi connectivity index (χ0) is 12.7. The number of esters is 1. The van der Waals surface area contributed by atoms with Gasteiger partial charge in [0.15, 0.2) is 0 Å². The van der Waals surface area contributed by atoms with Crippen LogP contribution in [0.5, 0.6) is 5.88 Å². The van der Waals surface area contributed by atoms with Gasteiger partial charge in [-0.25, -0.2) is 9.78 Å². The van der Waals surface area contributed by atoms with Crippen LogP contribution < -0.4 is 10.5 Å². The Labute approximate surface area is 99.7 Å². The van der Waals surface area contributed by atoms with Gasteiger partial charge < -0.3 is 19.9 Å². The second-order valence-electron chi connectivity index (χ2n) is 3.30. The summed E-state index contributed by atoms with van der Waals surface area (Å²) in [6.45, 7) is 1.07. The molecule has 1 rings (SSSR count). The summed E-state index contributed by atoms with van der Waals surface area (Å²) in [5.74, 6) is -0.164. The second-order valence-corrected chi connectivity index (χ2v) is 3.30. The molecule has 94 valence electrons. The molecule has 0 atom stereocenters. The number of anilines is 1. The monoisotopic (exact) mass is 240 g/mol. The van der Waals surface area contributed by atoms with E-state index in [0.29, 0.717) is 19.1 Å². The number of methoxy groups -OCH3 is 2. The molecule has 0 bridgehead atoms. The first-order valence-corrected chi connectivity index (χ1v) is 5.14. The van der Waals surface area contributed by atoms with Gasteiger partial charge in [-0.2, -0.15) is 0 Å². The van der Waals surface area contributed by atoms with Crippen LogP contribution in [-0.2, 0) is 9.47 Å². The number of pyridine rings is 1. The molecule has 0 aromatic carbocycles. The fourth-order valence-electron chi connectivity index (χ4n) is 1.19. The first kappa shape index (κ1) is 13.2. The minimum Gasteiger partial charge on any atom is -0.478 e. The maximum Gasteiger partial charge on any atom is 0.340 e. The largest absolute Gasteiger partial charge is 0.478 e. The molecule has 1 heterocycles. The average molecular weight is 240 g/mol. The quantitative estimate of drug-likeness (QED) is 0.586. The molecule has 6 nitrogen and oxygen atoms in total. The molecule has 0 amide bonds. The van der Waals surface area contributed by atoms with E-state index < -0.39 is 5.97 Å². The first-order chi connectivity index (χ1) is 8.19. The molecule has 0 saturated heterocycles. The van der Waals surface area contributed by atoms with Gasteiger partial charge in [0.25, 0.3) is 0 Å². The van der Waals surface area contributed by atoms with Gasteiger partial charge in [0, 0.05) is 26.2 Å². The number of hydrogen-bond acceptors (Lipinski definition) is 6.